The van der Waals surface area contributed by atoms with Crippen molar-refractivity contribution >= 4 is 27.6 Å². The van der Waals surface area contributed by atoms with Crippen LogP contribution in [0.25, 0.3) is 0 Å². The van der Waals surface area contributed by atoms with Gasteiger partial charge in [0.2, 0.25) is 10.5 Å². The van der Waals surface area contributed by atoms with Gasteiger partial charge in [0.1, 0.15) is 0 Å². The van der Waals surface area contributed by atoms with Gasteiger partial charge in [0.15, 0.2) is 0 Å². The van der Waals surface area contributed by atoms with E-state index in [-0.39, 0.29) is 17.1 Å². The number of nitrogens with zero attached hydrogens (tertiary/aromatic N) is 3. The molecule has 180 valence electrons. The molecule has 0 radical (unpaired) electrons. The number of hydrogen-bond acceptors (Lipinski definition) is 8. The SMILES string of the molecule is CON1C(Nc2ccccc2)=NCC(Br)(OC)C1(NC1CC(C)(C)N(C)C(C)(C)C1)OC. The summed E-state index contributed by atoms with van der Waals surface area (Å²) < 4.78 is 11.2. The van der Waals surface area contributed by atoms with Crippen LogP contribution in [-0.2, 0) is 14.3 Å². The number of piperidine rings is 1. The van der Waals surface area contributed by atoms with Gasteiger partial charge in [-0.3, -0.25) is 15.1 Å². The first-order chi connectivity index (χ1) is 14.9. The van der Waals surface area contributed by atoms with E-state index in [1.165, 1.54) is 0 Å². The van der Waals surface area contributed by atoms with Crippen LogP contribution in [0, 0.1) is 0 Å². The first-order valence-corrected chi connectivity index (χ1v) is 11.8. The van der Waals surface area contributed by atoms with E-state index in [0.29, 0.717) is 12.5 Å². The summed E-state index contributed by atoms with van der Waals surface area (Å²) in [5.74, 6) is -0.645. The molecule has 0 spiro atoms. The van der Waals surface area contributed by atoms with Crippen LogP contribution in [0.15, 0.2) is 35.3 Å². The molecule has 2 aliphatic rings. The number of nitrogens with one attached hydrogen (secondary N) is 2. The minimum Gasteiger partial charge on any atom is -0.359 e. The van der Waals surface area contributed by atoms with E-state index in [1.54, 1.807) is 26.4 Å². The van der Waals surface area contributed by atoms with Crippen molar-refractivity contribution in [2.75, 3.05) is 40.2 Å². The molecule has 0 aliphatic carbocycles. The Balaban J connectivity index is 1.99. The molecule has 2 N–H and O–H groups in total. The molecule has 0 saturated carbocycles. The Morgan fingerprint density at radius 3 is 2.09 bits per heavy atom. The Morgan fingerprint density at radius 2 is 1.59 bits per heavy atom. The molecule has 1 fully saturated rings. The lowest BCUT2D eigenvalue weighted by Crippen LogP contribution is -2.78. The van der Waals surface area contributed by atoms with Gasteiger partial charge >= 0.3 is 0 Å². The maximum absolute atomic E-state index is 6.21. The van der Waals surface area contributed by atoms with Crippen LogP contribution >= 0.6 is 15.9 Å². The molecule has 2 atom stereocenters. The molecule has 1 aromatic rings. The third-order valence-corrected chi connectivity index (χ3v) is 8.07. The maximum atomic E-state index is 6.21. The number of benzene rings is 1. The molecule has 2 heterocycles. The molecule has 3 rings (SSSR count). The van der Waals surface area contributed by atoms with E-state index in [4.69, 9.17) is 19.3 Å². The highest BCUT2D eigenvalue weighted by atomic mass is 79.9. The second-order valence-corrected chi connectivity index (χ2v) is 11.1. The fourth-order valence-corrected chi connectivity index (χ4v) is 5.58. The second kappa shape index (κ2) is 9.19. The topological polar surface area (TPSA) is 70.6 Å². The zero-order chi connectivity index (χ0) is 23.8. The van der Waals surface area contributed by atoms with E-state index in [2.05, 4.69) is 66.2 Å². The summed E-state index contributed by atoms with van der Waals surface area (Å²) >= 11 is 3.79. The smallest absolute Gasteiger partial charge is 0.266 e. The van der Waals surface area contributed by atoms with Gasteiger partial charge in [0.05, 0.1) is 13.7 Å². The normalized spacial score (nSPS) is 30.8. The van der Waals surface area contributed by atoms with Gasteiger partial charge in [-0.25, -0.2) is 4.99 Å². The van der Waals surface area contributed by atoms with Crippen LogP contribution in [0.5, 0.6) is 0 Å². The highest BCUT2D eigenvalue weighted by Gasteiger charge is 2.62. The fraction of sp³-hybridized carbons (Fsp3) is 0.696. The quantitative estimate of drug-likeness (QED) is 0.446. The molecule has 2 unspecified atom stereocenters. The molecular weight excluding hydrogens is 474 g/mol. The minimum atomic E-state index is -1.18. The number of ether oxygens (including phenoxy) is 2. The van der Waals surface area contributed by atoms with Crippen LogP contribution in [0.1, 0.15) is 40.5 Å². The highest BCUT2D eigenvalue weighted by molar-refractivity contribution is 9.10. The number of alkyl halides is 1. The lowest BCUT2D eigenvalue weighted by molar-refractivity contribution is -0.315. The Labute approximate surface area is 200 Å². The van der Waals surface area contributed by atoms with Crippen molar-refractivity contribution in [2.45, 2.75) is 68.0 Å². The van der Waals surface area contributed by atoms with Crippen LogP contribution in [-0.4, -0.2) is 78.3 Å². The van der Waals surface area contributed by atoms with Gasteiger partial charge in [-0.15, -0.1) is 0 Å². The van der Waals surface area contributed by atoms with Crippen molar-refractivity contribution in [2.24, 2.45) is 4.99 Å². The van der Waals surface area contributed by atoms with Crippen LogP contribution in [0.4, 0.5) is 5.69 Å². The molecule has 2 aliphatic heterocycles. The monoisotopic (exact) mass is 511 g/mol. The lowest BCUT2D eigenvalue weighted by atomic mass is 9.77. The molecule has 1 aromatic carbocycles. The van der Waals surface area contributed by atoms with Gasteiger partial charge in [-0.1, -0.05) is 18.2 Å². The van der Waals surface area contributed by atoms with E-state index >= 15 is 0 Å². The van der Waals surface area contributed by atoms with Crippen molar-refractivity contribution < 1.29 is 14.3 Å². The number of para-hydroxylation sites is 1. The molecular formula is C23H38BrN5O3. The Morgan fingerprint density at radius 1 is 1.00 bits per heavy atom. The average Bonchev–Trinajstić information content (AvgIpc) is 2.74. The summed E-state index contributed by atoms with van der Waals surface area (Å²) in [6.07, 6.45) is 1.86. The number of halogens is 1. The summed E-state index contributed by atoms with van der Waals surface area (Å²) in [5.41, 5.74) is 0.906. The molecule has 9 heteroatoms. The van der Waals surface area contributed by atoms with Crippen LogP contribution in [0.2, 0.25) is 0 Å². The summed E-state index contributed by atoms with van der Waals surface area (Å²) in [5, 5.41) is 8.75. The number of aliphatic imine (C=N–C) groups is 1. The van der Waals surface area contributed by atoms with Gasteiger partial charge < -0.3 is 14.8 Å². The first-order valence-electron chi connectivity index (χ1n) is 11.0. The van der Waals surface area contributed by atoms with Crippen molar-refractivity contribution in [1.29, 1.82) is 0 Å². The molecule has 1 saturated heterocycles. The summed E-state index contributed by atoms with van der Waals surface area (Å²) in [7, 11) is 7.11. The largest absolute Gasteiger partial charge is 0.359 e. The maximum Gasteiger partial charge on any atom is 0.266 e. The van der Waals surface area contributed by atoms with E-state index in [0.717, 1.165) is 18.5 Å². The number of hydrogen-bond donors (Lipinski definition) is 2. The number of guanidine groups is 1. The average molecular weight is 512 g/mol. The predicted octanol–water partition coefficient (Wildman–Crippen LogP) is 3.61. The van der Waals surface area contributed by atoms with E-state index < -0.39 is 10.4 Å². The van der Waals surface area contributed by atoms with Crippen molar-refractivity contribution in [3.63, 3.8) is 0 Å². The summed E-state index contributed by atoms with van der Waals surface area (Å²) in [6.45, 7) is 9.42. The molecule has 32 heavy (non-hydrogen) atoms. The van der Waals surface area contributed by atoms with Crippen molar-refractivity contribution in [3.8, 4) is 0 Å². The first kappa shape index (κ1) is 25.4. The van der Waals surface area contributed by atoms with Gasteiger partial charge in [0, 0.05) is 37.0 Å². The van der Waals surface area contributed by atoms with E-state index in [9.17, 15) is 0 Å². The van der Waals surface area contributed by atoms with Gasteiger partial charge in [0.25, 0.3) is 5.85 Å². The number of methoxy groups -OCH3 is 2. The van der Waals surface area contributed by atoms with E-state index in [1.807, 2.05) is 30.3 Å². The van der Waals surface area contributed by atoms with Crippen molar-refractivity contribution in [1.82, 2.24) is 15.3 Å². The number of rotatable bonds is 6. The predicted molar refractivity (Wildman–Crippen MR) is 132 cm³/mol. The third-order valence-electron chi connectivity index (χ3n) is 6.96. The van der Waals surface area contributed by atoms with Crippen molar-refractivity contribution in [3.05, 3.63) is 30.3 Å². The summed E-state index contributed by atoms with van der Waals surface area (Å²) in [6, 6.07) is 10.0. The van der Waals surface area contributed by atoms with Crippen LogP contribution in [0.3, 0.4) is 0 Å². The van der Waals surface area contributed by atoms with Crippen LogP contribution < -0.4 is 10.6 Å². The van der Waals surface area contributed by atoms with Gasteiger partial charge in [-0.05, 0) is 75.6 Å². The third kappa shape index (κ3) is 4.43. The van der Waals surface area contributed by atoms with Gasteiger partial charge in [-0.2, -0.15) is 5.06 Å². The molecule has 0 aromatic heterocycles. The lowest BCUT2D eigenvalue weighted by Gasteiger charge is -2.58. The Bertz CT molecular complexity index is 803. The second-order valence-electron chi connectivity index (χ2n) is 9.82. The minimum absolute atomic E-state index is 0.00215. The molecule has 0 bridgehead atoms. The molecule has 0 amide bonds. The zero-order valence-electron chi connectivity index (χ0n) is 20.5. The Kier molecular flexibility index (Phi) is 7.30. The Hall–Kier alpha value is -1.23. The summed E-state index contributed by atoms with van der Waals surface area (Å²) in [4.78, 5) is 13.0. The number of likely N-dealkylation sites (tertiary alicyclic amines) is 1. The zero-order valence-corrected chi connectivity index (χ0v) is 22.1. The highest BCUT2D eigenvalue weighted by Crippen LogP contribution is 2.43. The standard InChI is InChI=1S/C23H38BrN5O3/c1-20(2)14-18(15-21(3,4)28(20)5)27-23(31-7)22(24,30-6)16-25-19(29(23)32-8)26-17-12-10-9-11-13-17/h9-13,18,27H,14-16H2,1-8H3,(H,25,26). The fourth-order valence-electron chi connectivity index (χ4n) is 5.02. The number of hydroxylamine groups is 2. The number of anilines is 1. The molecule has 8 nitrogen and oxygen atoms in total.